The molecule has 2 aromatic carbocycles. The van der Waals surface area contributed by atoms with Gasteiger partial charge in [-0.05, 0) is 50.1 Å². The molecule has 0 bridgehead atoms. The molecule has 3 aromatic rings. The minimum Gasteiger partial charge on any atom is -0.369 e. The average molecular weight is 435 g/mol. The van der Waals surface area contributed by atoms with E-state index in [-0.39, 0.29) is 5.91 Å². The number of aryl methyl sites for hydroxylation is 2. The molecule has 0 radical (unpaired) electrons. The van der Waals surface area contributed by atoms with Gasteiger partial charge in [0.1, 0.15) is 0 Å². The summed E-state index contributed by atoms with van der Waals surface area (Å²) in [6.45, 7) is 12.9. The van der Waals surface area contributed by atoms with Gasteiger partial charge in [-0.25, -0.2) is 4.98 Å². The highest BCUT2D eigenvalue weighted by molar-refractivity contribution is 7.14. The van der Waals surface area contributed by atoms with Gasteiger partial charge in [0.15, 0.2) is 5.13 Å². The minimum atomic E-state index is -0.0214. The van der Waals surface area contributed by atoms with E-state index in [1.807, 2.05) is 31.2 Å². The van der Waals surface area contributed by atoms with Crippen LogP contribution < -0.4 is 9.80 Å². The maximum atomic E-state index is 12.3. The first-order valence-corrected chi connectivity index (χ1v) is 11.7. The lowest BCUT2D eigenvalue weighted by atomic mass is 10.1. The van der Waals surface area contributed by atoms with Gasteiger partial charge >= 0.3 is 0 Å². The van der Waals surface area contributed by atoms with Crippen LogP contribution in [0.2, 0.25) is 0 Å². The van der Waals surface area contributed by atoms with Crippen molar-refractivity contribution in [1.29, 1.82) is 0 Å². The molecule has 0 aliphatic carbocycles. The topological polar surface area (TPSA) is 39.7 Å². The van der Waals surface area contributed by atoms with Crippen LogP contribution in [0.3, 0.4) is 0 Å². The van der Waals surface area contributed by atoms with Crippen molar-refractivity contribution in [2.45, 2.75) is 34.2 Å². The van der Waals surface area contributed by atoms with Crippen molar-refractivity contribution in [3.63, 3.8) is 0 Å². The zero-order valence-corrected chi connectivity index (χ0v) is 19.6. The van der Waals surface area contributed by atoms with Gasteiger partial charge in [-0.2, -0.15) is 0 Å². The fraction of sp³-hybridized carbons (Fsp3) is 0.360. The van der Waals surface area contributed by atoms with Gasteiger partial charge in [-0.1, -0.05) is 29.8 Å². The van der Waals surface area contributed by atoms with E-state index in [0.29, 0.717) is 0 Å². The third-order valence-corrected chi connectivity index (χ3v) is 6.89. The fourth-order valence-corrected chi connectivity index (χ4v) is 4.92. The molecule has 1 aromatic heterocycles. The third kappa shape index (κ3) is 4.81. The molecule has 1 fully saturated rings. The second-order valence-corrected chi connectivity index (χ2v) is 9.13. The quantitative estimate of drug-likeness (QED) is 0.562. The normalized spacial score (nSPS) is 14.6. The number of amides is 1. The van der Waals surface area contributed by atoms with E-state index in [1.165, 1.54) is 33.7 Å². The second kappa shape index (κ2) is 9.20. The standard InChI is InChI=1S/C25H30N4OS/c1-18-8-10-23(11-9-18)29(21(4)30)25-26-22(17-31-25)16-27-12-14-28(15-13-27)24-7-5-6-19(2)20(24)3/h5-11,17H,12-16H2,1-4H3. The van der Waals surface area contributed by atoms with Crippen molar-refractivity contribution in [3.8, 4) is 0 Å². The Morgan fingerprint density at radius 1 is 1.03 bits per heavy atom. The van der Waals surface area contributed by atoms with Crippen LogP contribution in [0.25, 0.3) is 0 Å². The Kier molecular flexibility index (Phi) is 6.39. The van der Waals surface area contributed by atoms with Crippen LogP contribution in [0.5, 0.6) is 0 Å². The van der Waals surface area contributed by atoms with E-state index >= 15 is 0 Å². The molecule has 1 amide bonds. The smallest absolute Gasteiger partial charge is 0.230 e. The minimum absolute atomic E-state index is 0.0214. The highest BCUT2D eigenvalue weighted by atomic mass is 32.1. The highest BCUT2D eigenvalue weighted by Gasteiger charge is 2.21. The molecule has 1 saturated heterocycles. The van der Waals surface area contributed by atoms with E-state index in [0.717, 1.165) is 49.2 Å². The van der Waals surface area contributed by atoms with Crippen molar-refractivity contribution in [2.24, 2.45) is 0 Å². The number of rotatable bonds is 5. The van der Waals surface area contributed by atoms with Crippen LogP contribution >= 0.6 is 11.3 Å². The number of carbonyl (C=O) groups is 1. The third-order valence-electron chi connectivity index (χ3n) is 6.01. The predicted octanol–water partition coefficient (Wildman–Crippen LogP) is 5.08. The number of thiazole rings is 1. The molecule has 0 atom stereocenters. The molecule has 2 heterocycles. The molecule has 1 aliphatic heterocycles. The molecule has 0 saturated carbocycles. The fourth-order valence-electron chi connectivity index (χ4n) is 4.05. The monoisotopic (exact) mass is 434 g/mol. The van der Waals surface area contributed by atoms with Gasteiger partial charge in [-0.15, -0.1) is 11.3 Å². The number of hydrogen-bond donors (Lipinski definition) is 0. The van der Waals surface area contributed by atoms with Gasteiger partial charge in [0.05, 0.1) is 11.4 Å². The molecular weight excluding hydrogens is 404 g/mol. The van der Waals surface area contributed by atoms with Gasteiger partial charge in [0.2, 0.25) is 5.91 Å². The summed E-state index contributed by atoms with van der Waals surface area (Å²) in [6.07, 6.45) is 0. The summed E-state index contributed by atoms with van der Waals surface area (Å²) in [7, 11) is 0. The molecule has 5 nitrogen and oxygen atoms in total. The Balaban J connectivity index is 1.41. The van der Waals surface area contributed by atoms with Gasteiger partial charge in [0, 0.05) is 50.7 Å². The summed E-state index contributed by atoms with van der Waals surface area (Å²) in [6, 6.07) is 14.6. The van der Waals surface area contributed by atoms with E-state index in [2.05, 4.69) is 47.2 Å². The van der Waals surface area contributed by atoms with E-state index in [9.17, 15) is 4.79 Å². The summed E-state index contributed by atoms with van der Waals surface area (Å²) in [5.41, 5.74) is 7.14. The molecular formula is C25H30N4OS. The maximum Gasteiger partial charge on any atom is 0.230 e. The highest BCUT2D eigenvalue weighted by Crippen LogP contribution is 2.30. The first-order chi connectivity index (χ1) is 14.9. The number of carbonyl (C=O) groups excluding carboxylic acids is 1. The number of benzene rings is 2. The molecule has 0 unspecified atom stereocenters. The summed E-state index contributed by atoms with van der Waals surface area (Å²) < 4.78 is 0. The van der Waals surface area contributed by atoms with Gasteiger partial charge in [-0.3, -0.25) is 14.6 Å². The zero-order chi connectivity index (χ0) is 22.0. The summed E-state index contributed by atoms with van der Waals surface area (Å²) in [5, 5.41) is 2.82. The van der Waals surface area contributed by atoms with E-state index in [1.54, 1.807) is 11.8 Å². The Bertz CT molecular complexity index is 1050. The summed E-state index contributed by atoms with van der Waals surface area (Å²) in [4.78, 5) is 23.8. The largest absolute Gasteiger partial charge is 0.369 e. The zero-order valence-electron chi connectivity index (χ0n) is 18.8. The number of piperazine rings is 1. The van der Waals surface area contributed by atoms with Crippen LogP contribution in [-0.4, -0.2) is 42.0 Å². The van der Waals surface area contributed by atoms with Crippen LogP contribution in [-0.2, 0) is 11.3 Å². The first-order valence-electron chi connectivity index (χ1n) is 10.8. The predicted molar refractivity (Wildman–Crippen MR) is 130 cm³/mol. The number of aromatic nitrogens is 1. The van der Waals surface area contributed by atoms with Crippen molar-refractivity contribution >= 4 is 33.8 Å². The summed E-state index contributed by atoms with van der Waals surface area (Å²) in [5.74, 6) is -0.0214. The molecule has 0 spiro atoms. The SMILES string of the molecule is CC(=O)N(c1ccc(C)cc1)c1nc(CN2CCN(c3cccc(C)c3C)CC2)cs1. The van der Waals surface area contributed by atoms with Crippen LogP contribution in [0.15, 0.2) is 47.8 Å². The molecule has 6 heteroatoms. The van der Waals surface area contributed by atoms with Crippen molar-refractivity contribution in [3.05, 3.63) is 70.2 Å². The van der Waals surface area contributed by atoms with Crippen molar-refractivity contribution in [1.82, 2.24) is 9.88 Å². The van der Waals surface area contributed by atoms with Gasteiger partial charge in [0.25, 0.3) is 0 Å². The lowest BCUT2D eigenvalue weighted by molar-refractivity contribution is -0.115. The molecule has 31 heavy (non-hydrogen) atoms. The van der Waals surface area contributed by atoms with Crippen LogP contribution in [0.1, 0.15) is 29.3 Å². The lowest BCUT2D eigenvalue weighted by Crippen LogP contribution is -2.46. The molecule has 1 aliphatic rings. The van der Waals surface area contributed by atoms with Gasteiger partial charge < -0.3 is 4.90 Å². The lowest BCUT2D eigenvalue weighted by Gasteiger charge is -2.36. The molecule has 162 valence electrons. The van der Waals surface area contributed by atoms with E-state index in [4.69, 9.17) is 4.98 Å². The number of hydrogen-bond acceptors (Lipinski definition) is 5. The number of anilines is 3. The van der Waals surface area contributed by atoms with Crippen LogP contribution in [0, 0.1) is 20.8 Å². The Morgan fingerprint density at radius 3 is 2.42 bits per heavy atom. The van der Waals surface area contributed by atoms with Crippen molar-refractivity contribution < 1.29 is 4.79 Å². The molecule has 4 rings (SSSR count). The van der Waals surface area contributed by atoms with Crippen molar-refractivity contribution in [2.75, 3.05) is 36.0 Å². The summed E-state index contributed by atoms with van der Waals surface area (Å²) >= 11 is 1.53. The Hall–Kier alpha value is -2.70. The first kappa shape index (κ1) is 21.5. The second-order valence-electron chi connectivity index (χ2n) is 8.29. The van der Waals surface area contributed by atoms with Crippen LogP contribution in [0.4, 0.5) is 16.5 Å². The Labute approximate surface area is 188 Å². The Morgan fingerprint density at radius 2 is 1.74 bits per heavy atom. The average Bonchev–Trinajstić information content (AvgIpc) is 3.20. The number of nitrogens with zero attached hydrogens (tertiary/aromatic N) is 4. The maximum absolute atomic E-state index is 12.3. The molecule has 0 N–H and O–H groups in total. The van der Waals surface area contributed by atoms with E-state index < -0.39 is 0 Å².